The second-order valence-electron chi connectivity index (χ2n) is 7.82. The van der Waals surface area contributed by atoms with E-state index in [-0.39, 0.29) is 31.0 Å². The van der Waals surface area contributed by atoms with Crippen LogP contribution < -0.4 is 40.2 Å². The standard InChI is InChI=1S/C24H24FN3O5.Na.H/c1-13-6-4-5-7-15(13)21-14(2)16(8-9-17(21)25)18(12-20(30)31)26-24(33)27-22-19(29)10-11-28(3)23(22)32;;/h4-11,18,22H,12H2,1-3H3,(H,30,31)(H2,26,27,33);;/q;+1;-1/t18-,22?;;/m0../s1. The molecule has 0 aromatic heterocycles. The monoisotopic (exact) mass is 477 g/mol. The molecule has 0 bridgehead atoms. The van der Waals surface area contributed by atoms with E-state index in [1.54, 1.807) is 19.1 Å². The van der Waals surface area contributed by atoms with Gasteiger partial charge in [-0.2, -0.15) is 0 Å². The average molecular weight is 477 g/mol. The van der Waals surface area contributed by atoms with E-state index in [9.17, 15) is 28.7 Å². The van der Waals surface area contributed by atoms with E-state index >= 15 is 0 Å². The summed E-state index contributed by atoms with van der Waals surface area (Å²) in [6.07, 6.45) is 1.97. The third-order valence-corrected chi connectivity index (χ3v) is 5.55. The number of ketones is 1. The summed E-state index contributed by atoms with van der Waals surface area (Å²) in [5.74, 6) is -2.87. The van der Waals surface area contributed by atoms with Crippen molar-refractivity contribution in [1.29, 1.82) is 0 Å². The number of urea groups is 1. The number of carboxylic acids is 1. The van der Waals surface area contributed by atoms with Crippen LogP contribution in [0.2, 0.25) is 0 Å². The molecule has 0 saturated heterocycles. The Balaban J connectivity index is 0.00000306. The minimum Gasteiger partial charge on any atom is -1.00 e. The van der Waals surface area contributed by atoms with Gasteiger partial charge in [-0.3, -0.25) is 14.4 Å². The van der Waals surface area contributed by atoms with Gasteiger partial charge in [0.15, 0.2) is 11.8 Å². The quantitative estimate of drug-likeness (QED) is 0.399. The first kappa shape index (κ1) is 27.2. The smallest absolute Gasteiger partial charge is 1.00 e. The maximum atomic E-state index is 14.8. The largest absolute Gasteiger partial charge is 1.00 e. The zero-order valence-electron chi connectivity index (χ0n) is 20.4. The fourth-order valence-corrected chi connectivity index (χ4v) is 3.81. The molecule has 2 aromatic rings. The van der Waals surface area contributed by atoms with E-state index < -0.39 is 48.0 Å². The van der Waals surface area contributed by atoms with Crippen molar-refractivity contribution in [1.82, 2.24) is 15.5 Å². The molecule has 3 amide bonds. The van der Waals surface area contributed by atoms with E-state index in [2.05, 4.69) is 10.6 Å². The first-order valence-corrected chi connectivity index (χ1v) is 10.2. The Morgan fingerprint density at radius 1 is 1.18 bits per heavy atom. The second kappa shape index (κ2) is 11.4. The van der Waals surface area contributed by atoms with Crippen LogP contribution >= 0.6 is 0 Å². The minimum atomic E-state index is -1.41. The number of hydrogen-bond acceptors (Lipinski definition) is 4. The van der Waals surface area contributed by atoms with Crippen LogP contribution in [0, 0.1) is 19.7 Å². The summed E-state index contributed by atoms with van der Waals surface area (Å²) >= 11 is 0. The number of amides is 3. The van der Waals surface area contributed by atoms with Gasteiger partial charge in [-0.25, -0.2) is 9.18 Å². The molecule has 1 aliphatic rings. The van der Waals surface area contributed by atoms with Crippen LogP contribution in [0.5, 0.6) is 0 Å². The zero-order chi connectivity index (χ0) is 24.3. The maximum absolute atomic E-state index is 14.8. The van der Waals surface area contributed by atoms with E-state index in [4.69, 9.17) is 0 Å². The van der Waals surface area contributed by atoms with Gasteiger partial charge < -0.3 is 22.1 Å². The second-order valence-corrected chi connectivity index (χ2v) is 7.82. The molecule has 1 aliphatic heterocycles. The molecular formula is C24H25FN3NaO5. The fourth-order valence-electron chi connectivity index (χ4n) is 3.81. The summed E-state index contributed by atoms with van der Waals surface area (Å²) in [5.41, 5.74) is 2.69. The van der Waals surface area contributed by atoms with E-state index in [1.165, 1.54) is 36.4 Å². The Morgan fingerprint density at radius 2 is 1.85 bits per heavy atom. The molecular weight excluding hydrogens is 452 g/mol. The van der Waals surface area contributed by atoms with Crippen molar-refractivity contribution in [2.75, 3.05) is 7.05 Å². The summed E-state index contributed by atoms with van der Waals surface area (Å²) in [7, 11) is 1.44. The number of nitrogens with zero attached hydrogens (tertiary/aromatic N) is 1. The Labute approximate surface area is 220 Å². The van der Waals surface area contributed by atoms with Gasteiger partial charge in [0.05, 0.1) is 12.5 Å². The van der Waals surface area contributed by atoms with Crippen molar-refractivity contribution in [2.24, 2.45) is 0 Å². The van der Waals surface area contributed by atoms with Crippen LogP contribution in [0.15, 0.2) is 48.7 Å². The van der Waals surface area contributed by atoms with E-state index in [0.29, 0.717) is 22.3 Å². The number of rotatable bonds is 6. The van der Waals surface area contributed by atoms with Crippen LogP contribution in [0.3, 0.4) is 0 Å². The molecule has 34 heavy (non-hydrogen) atoms. The van der Waals surface area contributed by atoms with Crippen molar-refractivity contribution in [3.8, 4) is 11.1 Å². The van der Waals surface area contributed by atoms with Crippen molar-refractivity contribution < 1.29 is 59.7 Å². The molecule has 0 radical (unpaired) electrons. The van der Waals surface area contributed by atoms with Crippen LogP contribution in [0.1, 0.15) is 30.6 Å². The molecule has 1 heterocycles. The molecule has 0 aliphatic carbocycles. The number of likely N-dealkylation sites (N-methyl/N-ethyl adjacent to an activating group) is 1. The number of halogens is 1. The number of hydrogen-bond donors (Lipinski definition) is 3. The van der Waals surface area contributed by atoms with Gasteiger partial charge in [-0.15, -0.1) is 0 Å². The molecule has 3 N–H and O–H groups in total. The molecule has 0 spiro atoms. The topological polar surface area (TPSA) is 116 Å². The Morgan fingerprint density at radius 3 is 2.50 bits per heavy atom. The molecule has 174 valence electrons. The third kappa shape index (κ3) is 5.91. The summed E-state index contributed by atoms with van der Waals surface area (Å²) in [4.78, 5) is 49.5. The zero-order valence-corrected chi connectivity index (χ0v) is 21.4. The molecule has 2 aromatic carbocycles. The minimum absolute atomic E-state index is 0. The van der Waals surface area contributed by atoms with E-state index in [0.717, 1.165) is 5.56 Å². The summed E-state index contributed by atoms with van der Waals surface area (Å²) < 4.78 is 14.8. The van der Waals surface area contributed by atoms with Crippen molar-refractivity contribution >= 4 is 23.7 Å². The number of aliphatic carboxylic acids is 1. The molecule has 10 heteroatoms. The van der Waals surface area contributed by atoms with Gasteiger partial charge in [0.25, 0.3) is 5.91 Å². The summed E-state index contributed by atoms with van der Waals surface area (Å²) in [5, 5.41) is 14.2. The fraction of sp³-hybridized carbons (Fsp3) is 0.250. The number of carbonyl (C=O) groups excluding carboxylic acids is 3. The van der Waals surface area contributed by atoms with Gasteiger partial charge in [-0.05, 0) is 42.2 Å². The summed E-state index contributed by atoms with van der Waals surface area (Å²) in [6.45, 7) is 3.49. The predicted octanol–water partition coefficient (Wildman–Crippen LogP) is -0.0356. The van der Waals surface area contributed by atoms with Gasteiger partial charge in [0, 0.05) is 24.9 Å². The average Bonchev–Trinajstić information content (AvgIpc) is 2.74. The Bertz CT molecular complexity index is 1170. The van der Waals surface area contributed by atoms with Gasteiger partial charge in [0.1, 0.15) is 5.82 Å². The van der Waals surface area contributed by atoms with E-state index in [1.807, 2.05) is 19.1 Å². The molecule has 1 unspecified atom stereocenters. The Hall–Kier alpha value is -3.01. The van der Waals surface area contributed by atoms with Crippen LogP contribution in [0.25, 0.3) is 11.1 Å². The molecule has 2 atom stereocenters. The van der Waals surface area contributed by atoms with Crippen molar-refractivity contribution in [3.63, 3.8) is 0 Å². The Kier molecular flexibility index (Phi) is 9.14. The number of carboxylic acid groups (broad SMARTS) is 1. The van der Waals surface area contributed by atoms with Gasteiger partial charge >= 0.3 is 41.6 Å². The van der Waals surface area contributed by atoms with Crippen LogP contribution in [0.4, 0.5) is 9.18 Å². The van der Waals surface area contributed by atoms with Crippen molar-refractivity contribution in [3.05, 3.63) is 71.2 Å². The number of nitrogens with one attached hydrogen (secondary N) is 2. The maximum Gasteiger partial charge on any atom is 1.00 e. The third-order valence-electron chi connectivity index (χ3n) is 5.55. The SMILES string of the molecule is Cc1ccccc1-c1c(F)ccc([C@H](CC(=O)O)NC(=O)NC2C(=O)C=CN(C)C2=O)c1C.[H-].[Na+]. The molecule has 8 nitrogen and oxygen atoms in total. The number of aryl methyl sites for hydroxylation is 1. The molecule has 0 fully saturated rings. The van der Waals surface area contributed by atoms with Crippen LogP contribution in [-0.2, 0) is 14.4 Å². The van der Waals surface area contributed by atoms with Crippen LogP contribution in [-0.4, -0.2) is 46.8 Å². The number of carbonyl (C=O) groups is 4. The predicted molar refractivity (Wildman–Crippen MR) is 120 cm³/mol. The normalized spacial score (nSPS) is 16.0. The van der Waals surface area contributed by atoms with Gasteiger partial charge in [-0.1, -0.05) is 30.3 Å². The van der Waals surface area contributed by atoms with Gasteiger partial charge in [0.2, 0.25) is 0 Å². The number of benzene rings is 2. The van der Waals surface area contributed by atoms with Crippen molar-refractivity contribution in [2.45, 2.75) is 32.4 Å². The summed E-state index contributed by atoms with van der Waals surface area (Å²) in [6, 6.07) is 6.52. The molecule has 3 rings (SSSR count). The molecule has 0 saturated carbocycles. The first-order valence-electron chi connectivity index (χ1n) is 10.2. The first-order chi connectivity index (χ1) is 15.6.